The maximum absolute atomic E-state index is 6.30. The largest absolute Gasteiger partial charge is 0.417 e. The first-order valence-corrected chi connectivity index (χ1v) is 12.9. The van der Waals surface area contributed by atoms with Crippen LogP contribution in [0.4, 0.5) is 0 Å². The fraction of sp³-hybridized carbons (Fsp3) is 1.00. The molecule has 0 radical (unpaired) electrons. The van der Waals surface area contributed by atoms with Crippen molar-refractivity contribution in [2.45, 2.75) is 76.6 Å². The molecule has 1 aliphatic rings. The van der Waals surface area contributed by atoms with Crippen LogP contribution >= 0.6 is 23.5 Å². The molecule has 1 rings (SSSR count). The van der Waals surface area contributed by atoms with Gasteiger partial charge >= 0.3 is 0 Å². The van der Waals surface area contributed by atoms with E-state index in [2.05, 4.69) is 71.2 Å². The highest BCUT2D eigenvalue weighted by atomic mass is 32.2. The fourth-order valence-corrected chi connectivity index (χ4v) is 6.55. The van der Waals surface area contributed by atoms with Gasteiger partial charge in [-0.3, -0.25) is 0 Å². The van der Waals surface area contributed by atoms with Crippen LogP contribution in [0.5, 0.6) is 0 Å². The number of hydrogen-bond donors (Lipinski definition) is 0. The van der Waals surface area contributed by atoms with Gasteiger partial charge in [0.15, 0.2) is 8.32 Å². The summed E-state index contributed by atoms with van der Waals surface area (Å²) >= 11 is 4.34. The van der Waals surface area contributed by atoms with E-state index in [1.54, 1.807) is 0 Å². The van der Waals surface area contributed by atoms with Crippen LogP contribution in [0.1, 0.15) is 53.9 Å². The molecule has 0 unspecified atom stereocenters. The molecule has 0 spiro atoms. The molecule has 1 aliphatic heterocycles. The van der Waals surface area contributed by atoms with Crippen LogP contribution in [0.15, 0.2) is 0 Å². The van der Waals surface area contributed by atoms with E-state index in [0.717, 1.165) is 11.2 Å². The summed E-state index contributed by atoms with van der Waals surface area (Å²) in [6.45, 7) is 17.5. The quantitative estimate of drug-likeness (QED) is 0.435. The van der Waals surface area contributed by atoms with Crippen LogP contribution in [0.25, 0.3) is 0 Å². The maximum atomic E-state index is 6.30. The average Bonchev–Trinajstić information content (AvgIpc) is 2.34. The van der Waals surface area contributed by atoms with E-state index in [-0.39, 0.29) is 0 Å². The first-order chi connectivity index (χ1) is 9.06. The summed E-state index contributed by atoms with van der Waals surface area (Å²) in [6.07, 6.45) is 3.87. The number of rotatable bonds is 6. The second-order valence-electron chi connectivity index (χ2n) is 8.13. The van der Waals surface area contributed by atoms with E-state index in [0.29, 0.717) is 10.5 Å². The third kappa shape index (κ3) is 5.58. The Balaban J connectivity index is 2.32. The lowest BCUT2D eigenvalue weighted by Gasteiger charge is -2.38. The minimum Gasteiger partial charge on any atom is -0.417 e. The van der Waals surface area contributed by atoms with Crippen molar-refractivity contribution < 1.29 is 4.43 Å². The van der Waals surface area contributed by atoms with Gasteiger partial charge in [-0.15, -0.1) is 23.5 Å². The third-order valence-corrected chi connectivity index (χ3v) is 13.0. The maximum Gasteiger partial charge on any atom is 0.191 e. The molecule has 0 aromatic heterocycles. The summed E-state index contributed by atoms with van der Waals surface area (Å²) in [5.74, 6) is 2.70. The van der Waals surface area contributed by atoms with Crippen LogP contribution < -0.4 is 0 Å². The topological polar surface area (TPSA) is 9.23 Å². The van der Waals surface area contributed by atoms with Crippen molar-refractivity contribution in [1.82, 2.24) is 0 Å². The molecule has 1 saturated heterocycles. The van der Waals surface area contributed by atoms with E-state index < -0.39 is 8.32 Å². The molecule has 0 bridgehead atoms. The molecule has 4 heteroatoms. The zero-order chi connectivity index (χ0) is 15.4. The Morgan fingerprint density at radius 3 is 2.10 bits per heavy atom. The third-order valence-electron chi connectivity index (χ3n) is 4.70. The van der Waals surface area contributed by atoms with Crippen molar-refractivity contribution in [3.8, 4) is 0 Å². The standard InChI is InChI=1S/C16H34OS2Si/c1-15(2,3)20(6,7)17-11-8-10-16(4,5)14-18-12-9-13-19-14/h14H,8-13H2,1-7H3. The van der Waals surface area contributed by atoms with Crippen molar-refractivity contribution in [2.24, 2.45) is 5.41 Å². The molecule has 0 aliphatic carbocycles. The monoisotopic (exact) mass is 334 g/mol. The van der Waals surface area contributed by atoms with Crippen LogP contribution in [0, 0.1) is 5.41 Å². The molecule has 0 N–H and O–H groups in total. The summed E-state index contributed by atoms with van der Waals surface area (Å²) < 4.78 is 7.08. The predicted octanol–water partition coefficient (Wildman–Crippen LogP) is 6.01. The highest BCUT2D eigenvalue weighted by molar-refractivity contribution is 8.17. The molecule has 20 heavy (non-hydrogen) atoms. The van der Waals surface area contributed by atoms with Gasteiger partial charge in [-0.1, -0.05) is 34.6 Å². The summed E-state index contributed by atoms with van der Waals surface area (Å²) in [6, 6.07) is 0. The van der Waals surface area contributed by atoms with Crippen LogP contribution in [0.3, 0.4) is 0 Å². The summed E-state index contributed by atoms with van der Waals surface area (Å²) in [5.41, 5.74) is 0.437. The number of hydrogen-bond acceptors (Lipinski definition) is 3. The van der Waals surface area contributed by atoms with Crippen molar-refractivity contribution in [2.75, 3.05) is 18.1 Å². The van der Waals surface area contributed by atoms with E-state index in [4.69, 9.17) is 4.43 Å². The fourth-order valence-electron chi connectivity index (χ4n) is 2.13. The van der Waals surface area contributed by atoms with Gasteiger partial charge in [-0.05, 0) is 54.3 Å². The zero-order valence-electron chi connectivity index (χ0n) is 14.5. The Morgan fingerprint density at radius 1 is 1.05 bits per heavy atom. The molecule has 1 nitrogen and oxygen atoms in total. The van der Waals surface area contributed by atoms with E-state index >= 15 is 0 Å². The molecule has 1 heterocycles. The first-order valence-electron chi connectivity index (χ1n) is 7.93. The van der Waals surface area contributed by atoms with Crippen molar-refractivity contribution in [3.05, 3.63) is 0 Å². The Morgan fingerprint density at radius 2 is 1.60 bits per heavy atom. The Kier molecular flexibility index (Phi) is 7.03. The summed E-state index contributed by atoms with van der Waals surface area (Å²) in [7, 11) is -1.55. The molecule has 0 saturated carbocycles. The molecule has 0 aromatic carbocycles. The van der Waals surface area contributed by atoms with Crippen LogP contribution in [-0.4, -0.2) is 31.0 Å². The van der Waals surface area contributed by atoms with Gasteiger partial charge in [0.25, 0.3) is 0 Å². The van der Waals surface area contributed by atoms with Crippen LogP contribution in [0.2, 0.25) is 18.1 Å². The summed E-state index contributed by atoms with van der Waals surface area (Å²) in [5, 5.41) is 0.331. The van der Waals surface area contributed by atoms with Gasteiger partial charge in [-0.2, -0.15) is 0 Å². The lowest BCUT2D eigenvalue weighted by atomic mass is 9.90. The van der Waals surface area contributed by atoms with Crippen molar-refractivity contribution in [1.29, 1.82) is 0 Å². The lowest BCUT2D eigenvalue weighted by molar-refractivity contribution is 0.249. The van der Waals surface area contributed by atoms with Gasteiger partial charge in [0.05, 0.1) is 4.58 Å². The van der Waals surface area contributed by atoms with E-state index in [9.17, 15) is 0 Å². The average molecular weight is 335 g/mol. The van der Waals surface area contributed by atoms with E-state index in [1.165, 1.54) is 30.8 Å². The molecular formula is C16H34OS2Si. The van der Waals surface area contributed by atoms with Gasteiger partial charge in [0, 0.05) is 6.61 Å². The van der Waals surface area contributed by atoms with E-state index in [1.807, 2.05) is 0 Å². The zero-order valence-corrected chi connectivity index (χ0v) is 17.2. The molecule has 0 aromatic rings. The lowest BCUT2D eigenvalue weighted by Crippen LogP contribution is -2.41. The smallest absolute Gasteiger partial charge is 0.191 e. The SMILES string of the molecule is CC(C)(CCCO[Si](C)(C)C(C)(C)C)C1SCCCS1. The molecule has 1 fully saturated rings. The van der Waals surface area contributed by atoms with Gasteiger partial charge < -0.3 is 4.43 Å². The number of thioether (sulfide) groups is 2. The van der Waals surface area contributed by atoms with Crippen molar-refractivity contribution >= 4 is 31.8 Å². The Hall–Kier alpha value is 0.877. The van der Waals surface area contributed by atoms with Crippen molar-refractivity contribution in [3.63, 3.8) is 0 Å². The Bertz CT molecular complexity index is 291. The highest BCUT2D eigenvalue weighted by Gasteiger charge is 2.37. The molecule has 120 valence electrons. The first kappa shape index (κ1) is 18.9. The summed E-state index contributed by atoms with van der Waals surface area (Å²) in [4.78, 5) is 0. The predicted molar refractivity (Wildman–Crippen MR) is 99.5 cm³/mol. The minimum absolute atomic E-state index is 0.331. The molecule has 0 amide bonds. The van der Waals surface area contributed by atoms with Gasteiger partial charge in [0.2, 0.25) is 0 Å². The van der Waals surface area contributed by atoms with Gasteiger partial charge in [0.1, 0.15) is 0 Å². The minimum atomic E-state index is -1.55. The second kappa shape index (κ2) is 7.43. The molecule has 0 atom stereocenters. The normalized spacial score (nSPS) is 19.4. The molecular weight excluding hydrogens is 300 g/mol. The second-order valence-corrected chi connectivity index (χ2v) is 15.7. The Labute approximate surface area is 136 Å². The van der Waals surface area contributed by atoms with Gasteiger partial charge in [-0.25, -0.2) is 0 Å². The highest BCUT2D eigenvalue weighted by Crippen LogP contribution is 2.45. The van der Waals surface area contributed by atoms with Crippen LogP contribution in [-0.2, 0) is 4.43 Å².